The fourth-order valence-corrected chi connectivity index (χ4v) is 4.92. The van der Waals surface area contributed by atoms with Gasteiger partial charge in [0, 0.05) is 24.5 Å². The number of hydrogen-bond donors (Lipinski definition) is 3. The largest absolute Gasteiger partial charge is 0.352 e. The zero-order valence-corrected chi connectivity index (χ0v) is 22.1. The van der Waals surface area contributed by atoms with E-state index in [-0.39, 0.29) is 11.9 Å². The van der Waals surface area contributed by atoms with Gasteiger partial charge in [0.05, 0.1) is 12.5 Å². The van der Waals surface area contributed by atoms with Crippen LogP contribution in [-0.4, -0.2) is 25.0 Å². The van der Waals surface area contributed by atoms with Gasteiger partial charge in [0.15, 0.2) is 0 Å². The van der Waals surface area contributed by atoms with E-state index in [9.17, 15) is 4.79 Å². The summed E-state index contributed by atoms with van der Waals surface area (Å²) in [4.78, 5) is 20.4. The molecule has 1 heterocycles. The second kappa shape index (κ2) is 12.9. The van der Waals surface area contributed by atoms with Gasteiger partial charge >= 0.3 is 0 Å². The highest BCUT2D eigenvalue weighted by atomic mass is 16.1. The normalized spacial score (nSPS) is 15.5. The fraction of sp³-hybridized carbons (Fsp3) is 0.212. The molecule has 4 N–H and O–H groups in total. The molecule has 5 rings (SSSR count). The van der Waals surface area contributed by atoms with Gasteiger partial charge in [0.1, 0.15) is 0 Å². The number of nitrogens with two attached hydrogens (primary N) is 1. The van der Waals surface area contributed by atoms with E-state index in [1.165, 1.54) is 5.56 Å². The lowest BCUT2D eigenvalue weighted by molar-refractivity contribution is -0.121. The number of anilines is 2. The topological polar surface area (TPSA) is 82.7 Å². The highest BCUT2D eigenvalue weighted by Gasteiger charge is 2.33. The number of amides is 1. The van der Waals surface area contributed by atoms with E-state index in [4.69, 9.17) is 10.7 Å². The monoisotopic (exact) mass is 517 g/mol. The van der Waals surface area contributed by atoms with Crippen LogP contribution in [0.2, 0.25) is 0 Å². The van der Waals surface area contributed by atoms with Crippen molar-refractivity contribution in [3.05, 3.63) is 120 Å². The minimum absolute atomic E-state index is 0.00561. The molecule has 1 amide bonds. The van der Waals surface area contributed by atoms with E-state index in [0.29, 0.717) is 26.1 Å². The van der Waals surface area contributed by atoms with Crippen molar-refractivity contribution in [2.75, 3.05) is 23.3 Å². The van der Waals surface area contributed by atoms with Crippen molar-refractivity contribution in [2.24, 2.45) is 10.7 Å². The summed E-state index contributed by atoms with van der Waals surface area (Å²) < 4.78 is 0. The molecule has 0 aromatic heterocycles. The van der Waals surface area contributed by atoms with E-state index < -0.39 is 0 Å². The minimum atomic E-state index is -0.214. The summed E-state index contributed by atoms with van der Waals surface area (Å²) in [5.41, 5.74) is 12.1. The van der Waals surface area contributed by atoms with Gasteiger partial charge < -0.3 is 21.3 Å². The fourth-order valence-electron chi connectivity index (χ4n) is 4.92. The molecule has 0 aliphatic carbocycles. The predicted octanol–water partition coefficient (Wildman–Crippen LogP) is 6.13. The molecule has 39 heavy (non-hydrogen) atoms. The molecule has 0 saturated heterocycles. The van der Waals surface area contributed by atoms with Crippen molar-refractivity contribution >= 4 is 23.2 Å². The molecule has 1 aliphatic heterocycles. The summed E-state index contributed by atoms with van der Waals surface area (Å²) in [6.45, 7) is 1.81. The van der Waals surface area contributed by atoms with E-state index >= 15 is 0 Å². The summed E-state index contributed by atoms with van der Waals surface area (Å²) >= 11 is 0. The second-order valence-electron chi connectivity index (χ2n) is 9.68. The highest BCUT2D eigenvalue weighted by Crippen LogP contribution is 2.39. The third-order valence-corrected chi connectivity index (χ3v) is 6.94. The van der Waals surface area contributed by atoms with Crippen LogP contribution in [0.1, 0.15) is 36.4 Å². The summed E-state index contributed by atoms with van der Waals surface area (Å²) in [6.07, 6.45) is 2.13. The average molecular weight is 518 g/mol. The lowest BCUT2D eigenvalue weighted by Crippen LogP contribution is -2.45. The molecule has 0 bridgehead atoms. The van der Waals surface area contributed by atoms with Crippen LogP contribution >= 0.6 is 0 Å². The first-order valence-electron chi connectivity index (χ1n) is 13.6. The Morgan fingerprint density at radius 2 is 1.49 bits per heavy atom. The standard InChI is InChI=1S/C33H35N5O/c34-21-9-10-22-35-33-37-30-16-8-7-15-29(30)31(23-32(39)36-24-25-11-3-1-4-12-25)38(33)28-19-17-27(18-20-28)26-13-5-2-6-14-26/h1-8,11-20,31H,9-10,21-24,34H2,(H,35,37)(H,36,39). The Morgan fingerprint density at radius 3 is 2.23 bits per heavy atom. The number of benzene rings is 4. The number of nitrogens with zero attached hydrogens (tertiary/aromatic N) is 2. The van der Waals surface area contributed by atoms with Gasteiger partial charge in [0.2, 0.25) is 11.9 Å². The molecule has 0 fully saturated rings. The lowest BCUT2D eigenvalue weighted by Gasteiger charge is -2.40. The summed E-state index contributed by atoms with van der Waals surface area (Å²) in [5.74, 6) is 0.744. The Morgan fingerprint density at radius 1 is 0.821 bits per heavy atom. The van der Waals surface area contributed by atoms with Crippen molar-refractivity contribution in [1.82, 2.24) is 5.32 Å². The maximum absolute atomic E-state index is 13.3. The van der Waals surface area contributed by atoms with Gasteiger partial charge in [-0.15, -0.1) is 0 Å². The average Bonchev–Trinajstić information content (AvgIpc) is 2.99. The minimum Gasteiger partial charge on any atom is -0.352 e. The van der Waals surface area contributed by atoms with Gasteiger partial charge in [0.25, 0.3) is 0 Å². The molecule has 1 atom stereocenters. The van der Waals surface area contributed by atoms with Crippen LogP contribution < -0.4 is 21.3 Å². The van der Waals surface area contributed by atoms with Gasteiger partial charge in [-0.3, -0.25) is 9.79 Å². The first-order valence-corrected chi connectivity index (χ1v) is 13.6. The molecular formula is C33H35N5O. The number of guanidine groups is 1. The van der Waals surface area contributed by atoms with Crippen molar-refractivity contribution in [3.63, 3.8) is 0 Å². The SMILES string of the molecule is NCCCCN=C1Nc2ccccc2C(CC(=O)NCc2ccccc2)N1c1ccc(-c2ccccc2)cc1. The van der Waals surface area contributed by atoms with Crippen LogP contribution in [0.25, 0.3) is 11.1 Å². The first kappa shape index (κ1) is 26.2. The van der Waals surface area contributed by atoms with Crippen molar-refractivity contribution in [3.8, 4) is 11.1 Å². The molecule has 4 aromatic rings. The van der Waals surface area contributed by atoms with Crippen molar-refractivity contribution < 1.29 is 4.79 Å². The Bertz CT molecular complexity index is 1390. The van der Waals surface area contributed by atoms with E-state index in [1.54, 1.807) is 0 Å². The molecule has 4 aromatic carbocycles. The van der Waals surface area contributed by atoms with Crippen LogP contribution in [0.3, 0.4) is 0 Å². The summed E-state index contributed by atoms with van der Waals surface area (Å²) in [6, 6.07) is 36.8. The van der Waals surface area contributed by atoms with Crippen LogP contribution in [-0.2, 0) is 11.3 Å². The maximum Gasteiger partial charge on any atom is 0.222 e. The number of nitrogens with one attached hydrogen (secondary N) is 2. The molecule has 0 radical (unpaired) electrons. The Hall–Kier alpha value is -4.42. The number of unbranched alkanes of at least 4 members (excludes halogenated alkanes) is 1. The van der Waals surface area contributed by atoms with Crippen LogP contribution in [0, 0.1) is 0 Å². The zero-order chi connectivity index (χ0) is 26.9. The van der Waals surface area contributed by atoms with Crippen molar-refractivity contribution in [2.45, 2.75) is 31.8 Å². The molecule has 0 spiro atoms. The van der Waals surface area contributed by atoms with Crippen LogP contribution in [0.5, 0.6) is 0 Å². The zero-order valence-electron chi connectivity index (χ0n) is 22.1. The Balaban J connectivity index is 1.47. The van der Waals surface area contributed by atoms with E-state index in [2.05, 4.69) is 64.1 Å². The maximum atomic E-state index is 13.3. The van der Waals surface area contributed by atoms with E-state index in [1.807, 2.05) is 60.7 Å². The molecule has 1 unspecified atom stereocenters. The number of fused-ring (bicyclic) bond motifs is 1. The Labute approximate surface area is 230 Å². The lowest BCUT2D eigenvalue weighted by atomic mass is 9.96. The second-order valence-corrected chi connectivity index (χ2v) is 9.68. The van der Waals surface area contributed by atoms with E-state index in [0.717, 1.165) is 46.9 Å². The van der Waals surface area contributed by atoms with Gasteiger partial charge in [-0.25, -0.2) is 0 Å². The molecular weight excluding hydrogens is 482 g/mol. The number of carbonyl (C=O) groups is 1. The number of carbonyl (C=O) groups excluding carboxylic acids is 1. The van der Waals surface area contributed by atoms with Crippen molar-refractivity contribution in [1.29, 1.82) is 0 Å². The highest BCUT2D eigenvalue weighted by molar-refractivity contribution is 6.09. The van der Waals surface area contributed by atoms with Gasteiger partial charge in [-0.05, 0) is 59.8 Å². The molecule has 6 heteroatoms. The Kier molecular flexibility index (Phi) is 8.66. The number of para-hydroxylation sites is 1. The summed E-state index contributed by atoms with van der Waals surface area (Å²) in [7, 11) is 0. The quantitative estimate of drug-likeness (QED) is 0.221. The van der Waals surface area contributed by atoms with Crippen LogP contribution in [0.4, 0.5) is 11.4 Å². The van der Waals surface area contributed by atoms with Gasteiger partial charge in [-0.2, -0.15) is 0 Å². The number of aliphatic imine (C=N–C) groups is 1. The molecule has 198 valence electrons. The third kappa shape index (κ3) is 6.54. The predicted molar refractivity (Wildman–Crippen MR) is 161 cm³/mol. The molecule has 1 aliphatic rings. The molecule has 6 nitrogen and oxygen atoms in total. The van der Waals surface area contributed by atoms with Crippen LogP contribution in [0.15, 0.2) is 114 Å². The molecule has 0 saturated carbocycles. The number of rotatable bonds is 10. The van der Waals surface area contributed by atoms with Gasteiger partial charge in [-0.1, -0.05) is 91.0 Å². The number of hydrogen-bond acceptors (Lipinski definition) is 3. The first-order chi connectivity index (χ1) is 19.2. The third-order valence-electron chi connectivity index (χ3n) is 6.94. The smallest absolute Gasteiger partial charge is 0.222 e. The summed E-state index contributed by atoms with van der Waals surface area (Å²) in [5, 5.41) is 6.66.